The molecule has 0 bridgehead atoms. The summed E-state index contributed by atoms with van der Waals surface area (Å²) in [5.41, 5.74) is 0.829. The molecule has 0 aromatic heterocycles. The van der Waals surface area contributed by atoms with E-state index in [0.717, 1.165) is 17.7 Å². The average Bonchev–Trinajstić information content (AvgIpc) is 3.01. The fourth-order valence-electron chi connectivity index (χ4n) is 2.35. The molecule has 0 radical (unpaired) electrons. The molecule has 0 aliphatic carbocycles. The Morgan fingerprint density at radius 1 is 1.26 bits per heavy atom. The Balaban J connectivity index is 1.87. The van der Waals surface area contributed by atoms with Gasteiger partial charge in [-0.25, -0.2) is 9.79 Å². The van der Waals surface area contributed by atoms with Gasteiger partial charge in [-0.3, -0.25) is 10.1 Å². The molecule has 2 aromatic carbocycles. The van der Waals surface area contributed by atoms with E-state index in [1.54, 1.807) is 30.3 Å². The van der Waals surface area contributed by atoms with Crippen LogP contribution in [-0.4, -0.2) is 23.4 Å². The number of rotatable bonds is 6. The molecule has 8 heteroatoms. The van der Waals surface area contributed by atoms with Gasteiger partial charge in [0.05, 0.1) is 22.1 Å². The van der Waals surface area contributed by atoms with E-state index in [2.05, 4.69) is 4.99 Å². The van der Waals surface area contributed by atoms with Crippen molar-refractivity contribution in [2.75, 3.05) is 6.61 Å². The molecule has 1 heterocycles. The zero-order valence-electron chi connectivity index (χ0n) is 14.3. The SMILES string of the molecule is CCCOc1ccc(/C=C2/N=C(c3cc([N+](=O)[O-])ccc3Cl)OC2=O)cc1. The highest BCUT2D eigenvalue weighted by Crippen LogP contribution is 2.27. The van der Waals surface area contributed by atoms with Crippen LogP contribution in [0.5, 0.6) is 5.75 Å². The molecule has 0 fully saturated rings. The monoisotopic (exact) mass is 386 g/mol. The number of nitro groups is 1. The van der Waals surface area contributed by atoms with Crippen LogP contribution in [0.25, 0.3) is 6.08 Å². The van der Waals surface area contributed by atoms with Crippen LogP contribution in [0.3, 0.4) is 0 Å². The molecule has 0 N–H and O–H groups in total. The van der Waals surface area contributed by atoms with Crippen LogP contribution in [0.2, 0.25) is 5.02 Å². The van der Waals surface area contributed by atoms with E-state index in [1.165, 1.54) is 18.2 Å². The highest BCUT2D eigenvalue weighted by molar-refractivity contribution is 6.34. The number of nitrogens with zero attached hydrogens (tertiary/aromatic N) is 2. The molecule has 0 unspecified atom stereocenters. The van der Waals surface area contributed by atoms with Crippen molar-refractivity contribution in [3.8, 4) is 5.75 Å². The predicted octanol–water partition coefficient (Wildman–Crippen LogP) is 4.38. The van der Waals surface area contributed by atoms with Crippen molar-refractivity contribution in [1.82, 2.24) is 0 Å². The second-order valence-corrected chi connectivity index (χ2v) is 6.08. The summed E-state index contributed by atoms with van der Waals surface area (Å²) in [5.74, 6) is 0.0160. The molecule has 27 heavy (non-hydrogen) atoms. The number of nitro benzene ring substituents is 1. The van der Waals surface area contributed by atoms with E-state index >= 15 is 0 Å². The topological polar surface area (TPSA) is 91.0 Å². The standard InChI is InChI=1S/C19H15ClN2O5/c1-2-9-26-14-6-3-12(4-7-14)10-17-19(23)27-18(21-17)15-11-13(22(24)25)5-8-16(15)20/h3-8,10-11H,2,9H2,1H3/b17-10+. The first-order valence-corrected chi connectivity index (χ1v) is 8.55. The van der Waals surface area contributed by atoms with Gasteiger partial charge in [0, 0.05) is 12.1 Å². The van der Waals surface area contributed by atoms with Gasteiger partial charge in [-0.1, -0.05) is 30.7 Å². The Kier molecular flexibility index (Phi) is 5.52. The second kappa shape index (κ2) is 8.01. The van der Waals surface area contributed by atoms with Crippen LogP contribution in [-0.2, 0) is 9.53 Å². The summed E-state index contributed by atoms with van der Waals surface area (Å²) >= 11 is 6.07. The van der Waals surface area contributed by atoms with Crippen molar-refractivity contribution in [2.24, 2.45) is 4.99 Å². The fraction of sp³-hybridized carbons (Fsp3) is 0.158. The molecule has 0 saturated heterocycles. The molecule has 1 aliphatic heterocycles. The minimum Gasteiger partial charge on any atom is -0.494 e. The van der Waals surface area contributed by atoms with E-state index in [4.69, 9.17) is 21.1 Å². The highest BCUT2D eigenvalue weighted by Gasteiger charge is 2.27. The Morgan fingerprint density at radius 3 is 2.67 bits per heavy atom. The maximum absolute atomic E-state index is 12.1. The number of esters is 1. The van der Waals surface area contributed by atoms with Crippen LogP contribution in [0, 0.1) is 10.1 Å². The van der Waals surface area contributed by atoms with Crippen molar-refractivity contribution in [1.29, 1.82) is 0 Å². The predicted molar refractivity (Wildman–Crippen MR) is 101 cm³/mol. The maximum atomic E-state index is 12.1. The Morgan fingerprint density at radius 2 is 2.00 bits per heavy atom. The van der Waals surface area contributed by atoms with Gasteiger partial charge in [0.15, 0.2) is 5.70 Å². The third-order valence-corrected chi connectivity index (χ3v) is 4.00. The largest absolute Gasteiger partial charge is 0.494 e. The Bertz CT molecular complexity index is 951. The summed E-state index contributed by atoms with van der Waals surface area (Å²) in [6.45, 7) is 2.65. The summed E-state index contributed by atoms with van der Waals surface area (Å²) in [6.07, 6.45) is 2.47. The average molecular weight is 387 g/mol. The molecule has 2 aromatic rings. The number of cyclic esters (lactones) is 1. The summed E-state index contributed by atoms with van der Waals surface area (Å²) < 4.78 is 10.6. The first kappa shape index (κ1) is 18.6. The normalized spacial score (nSPS) is 14.8. The van der Waals surface area contributed by atoms with Crippen molar-refractivity contribution >= 4 is 35.2 Å². The number of benzene rings is 2. The van der Waals surface area contributed by atoms with E-state index in [0.29, 0.717) is 6.61 Å². The Hall–Kier alpha value is -3.19. The van der Waals surface area contributed by atoms with Crippen LogP contribution in [0.15, 0.2) is 53.2 Å². The zero-order valence-corrected chi connectivity index (χ0v) is 15.1. The van der Waals surface area contributed by atoms with Gasteiger partial charge in [-0.15, -0.1) is 0 Å². The van der Waals surface area contributed by atoms with E-state index in [-0.39, 0.29) is 27.9 Å². The quantitative estimate of drug-likeness (QED) is 0.318. The zero-order chi connectivity index (χ0) is 19.4. The minimum atomic E-state index is -0.654. The lowest BCUT2D eigenvalue weighted by Gasteiger charge is -2.04. The fourth-order valence-corrected chi connectivity index (χ4v) is 2.55. The number of carbonyl (C=O) groups is 1. The van der Waals surface area contributed by atoms with E-state index in [1.807, 2.05) is 6.92 Å². The number of non-ortho nitro benzene ring substituents is 1. The molecule has 1 aliphatic rings. The molecular weight excluding hydrogens is 372 g/mol. The molecule has 0 atom stereocenters. The first-order chi connectivity index (χ1) is 13.0. The molecule has 0 amide bonds. The van der Waals surface area contributed by atoms with Gasteiger partial charge < -0.3 is 9.47 Å². The molecule has 138 valence electrons. The summed E-state index contributed by atoms with van der Waals surface area (Å²) in [5, 5.41) is 11.1. The molecule has 7 nitrogen and oxygen atoms in total. The van der Waals surface area contributed by atoms with Gasteiger partial charge in [0.1, 0.15) is 5.75 Å². The van der Waals surface area contributed by atoms with Gasteiger partial charge in [0.25, 0.3) is 5.69 Å². The Labute approximate surface area is 160 Å². The highest BCUT2D eigenvalue weighted by atomic mass is 35.5. The van der Waals surface area contributed by atoms with Gasteiger partial charge >= 0.3 is 5.97 Å². The van der Waals surface area contributed by atoms with Crippen molar-refractivity contribution in [3.63, 3.8) is 0 Å². The van der Waals surface area contributed by atoms with Crippen LogP contribution in [0.1, 0.15) is 24.5 Å². The van der Waals surface area contributed by atoms with Crippen LogP contribution >= 0.6 is 11.6 Å². The van der Waals surface area contributed by atoms with Gasteiger partial charge in [-0.05, 0) is 36.3 Å². The number of hydrogen-bond acceptors (Lipinski definition) is 6. The lowest BCUT2D eigenvalue weighted by atomic mass is 10.2. The molecular formula is C19H15ClN2O5. The summed E-state index contributed by atoms with van der Waals surface area (Å²) in [7, 11) is 0. The molecule has 3 rings (SSSR count). The number of hydrogen-bond donors (Lipinski definition) is 0. The summed E-state index contributed by atoms with van der Waals surface area (Å²) in [4.78, 5) is 26.6. The van der Waals surface area contributed by atoms with Crippen LogP contribution < -0.4 is 4.74 Å². The van der Waals surface area contributed by atoms with Crippen molar-refractivity contribution in [3.05, 3.63) is 74.4 Å². The minimum absolute atomic E-state index is 0.0668. The van der Waals surface area contributed by atoms with Crippen molar-refractivity contribution < 1.29 is 19.2 Å². The van der Waals surface area contributed by atoms with Crippen LogP contribution in [0.4, 0.5) is 5.69 Å². The number of halogens is 1. The first-order valence-electron chi connectivity index (χ1n) is 8.17. The smallest absolute Gasteiger partial charge is 0.363 e. The third kappa shape index (κ3) is 4.32. The second-order valence-electron chi connectivity index (χ2n) is 5.67. The van der Waals surface area contributed by atoms with E-state index in [9.17, 15) is 14.9 Å². The van der Waals surface area contributed by atoms with Crippen molar-refractivity contribution in [2.45, 2.75) is 13.3 Å². The lowest BCUT2D eigenvalue weighted by molar-refractivity contribution is -0.384. The third-order valence-electron chi connectivity index (χ3n) is 3.67. The summed E-state index contributed by atoms with van der Waals surface area (Å²) in [6, 6.07) is 11.0. The molecule has 0 saturated carbocycles. The van der Waals surface area contributed by atoms with E-state index < -0.39 is 10.9 Å². The molecule has 0 spiro atoms. The van der Waals surface area contributed by atoms with Gasteiger partial charge in [0.2, 0.25) is 5.90 Å². The number of carbonyl (C=O) groups excluding carboxylic acids is 1. The number of ether oxygens (including phenoxy) is 2. The van der Waals surface area contributed by atoms with Gasteiger partial charge in [-0.2, -0.15) is 0 Å². The lowest BCUT2D eigenvalue weighted by Crippen LogP contribution is -2.06. The number of aliphatic imine (C=N–C) groups is 1. The maximum Gasteiger partial charge on any atom is 0.363 e.